The fraction of sp³-hybridized carbons (Fsp3) is 0.500. The van der Waals surface area contributed by atoms with Gasteiger partial charge < -0.3 is 10.1 Å². The molecule has 0 aliphatic rings. The van der Waals surface area contributed by atoms with E-state index >= 15 is 0 Å². The molecule has 19 heavy (non-hydrogen) atoms. The zero-order valence-corrected chi connectivity index (χ0v) is 12.1. The molecule has 0 saturated carbocycles. The monoisotopic (exact) mass is 287 g/mol. The molecule has 1 rings (SSSR count). The lowest BCUT2D eigenvalue weighted by atomic mass is 10.1. The van der Waals surface area contributed by atoms with Crippen molar-refractivity contribution in [2.45, 2.75) is 26.8 Å². The van der Waals surface area contributed by atoms with Crippen molar-refractivity contribution in [1.82, 2.24) is 5.32 Å². The van der Waals surface area contributed by atoms with E-state index in [0.717, 1.165) is 0 Å². The van der Waals surface area contributed by atoms with Gasteiger partial charge in [-0.3, -0.25) is 0 Å². The minimum absolute atomic E-state index is 0.00172. The summed E-state index contributed by atoms with van der Waals surface area (Å²) in [5.41, 5.74) is 0.602. The van der Waals surface area contributed by atoms with Crippen molar-refractivity contribution >= 4 is 17.6 Å². The first-order valence-corrected chi connectivity index (χ1v) is 6.68. The molecule has 1 aromatic carbocycles. The van der Waals surface area contributed by atoms with Crippen LogP contribution < -0.4 is 5.32 Å². The molecule has 0 amide bonds. The Labute approximate surface area is 118 Å². The third-order valence-corrected chi connectivity index (χ3v) is 2.82. The van der Waals surface area contributed by atoms with E-state index < -0.39 is 11.9 Å². The molecule has 1 N–H and O–H groups in total. The Kier molecular flexibility index (Phi) is 6.25. The van der Waals surface area contributed by atoms with E-state index in [2.05, 4.69) is 5.32 Å². The molecule has 5 heteroatoms. The molecule has 0 aliphatic carbocycles. The number of esters is 1. The van der Waals surface area contributed by atoms with Crippen LogP contribution in [-0.2, 0) is 9.53 Å². The van der Waals surface area contributed by atoms with Crippen molar-refractivity contribution in [2.24, 2.45) is 5.92 Å². The second kappa shape index (κ2) is 7.46. The molecule has 0 radical (unpaired) electrons. The molecule has 0 spiro atoms. The highest BCUT2D eigenvalue weighted by molar-refractivity contribution is 6.30. The number of ether oxygens (including phenoxy) is 1. The van der Waals surface area contributed by atoms with Crippen molar-refractivity contribution in [3.63, 3.8) is 0 Å². The SMILES string of the molecule is CCOC(=O)C(NCC(C)C)c1ccc(F)c(Cl)c1. The van der Waals surface area contributed by atoms with Gasteiger partial charge in [0.15, 0.2) is 0 Å². The van der Waals surface area contributed by atoms with Crippen molar-refractivity contribution < 1.29 is 13.9 Å². The van der Waals surface area contributed by atoms with Gasteiger partial charge in [0.2, 0.25) is 0 Å². The minimum atomic E-state index is -0.625. The van der Waals surface area contributed by atoms with Crippen molar-refractivity contribution in [2.75, 3.05) is 13.2 Å². The second-order valence-electron chi connectivity index (χ2n) is 4.66. The Balaban J connectivity index is 2.93. The van der Waals surface area contributed by atoms with Crippen LogP contribution in [0.25, 0.3) is 0 Å². The van der Waals surface area contributed by atoms with E-state index in [4.69, 9.17) is 16.3 Å². The van der Waals surface area contributed by atoms with Gasteiger partial charge in [0.05, 0.1) is 11.6 Å². The molecular weight excluding hydrogens is 269 g/mol. The molecule has 3 nitrogen and oxygen atoms in total. The summed E-state index contributed by atoms with van der Waals surface area (Å²) in [6.07, 6.45) is 0. The third kappa shape index (κ3) is 4.80. The van der Waals surface area contributed by atoms with E-state index in [9.17, 15) is 9.18 Å². The second-order valence-corrected chi connectivity index (χ2v) is 5.07. The van der Waals surface area contributed by atoms with Crippen molar-refractivity contribution in [3.8, 4) is 0 Å². The number of carbonyl (C=O) groups excluding carboxylic acids is 1. The van der Waals surface area contributed by atoms with E-state index in [1.807, 2.05) is 13.8 Å². The molecule has 1 aromatic rings. The topological polar surface area (TPSA) is 38.3 Å². The predicted octanol–water partition coefficient (Wildman–Crippen LogP) is 3.33. The fourth-order valence-corrected chi connectivity index (χ4v) is 1.80. The number of halogens is 2. The van der Waals surface area contributed by atoms with Crippen LogP contribution in [0.1, 0.15) is 32.4 Å². The summed E-state index contributed by atoms with van der Waals surface area (Å²) in [5.74, 6) is -0.504. The summed E-state index contributed by atoms with van der Waals surface area (Å²) >= 11 is 5.75. The molecular formula is C14H19ClFNO2. The van der Waals surface area contributed by atoms with E-state index in [1.54, 1.807) is 6.92 Å². The predicted molar refractivity (Wildman–Crippen MR) is 73.6 cm³/mol. The van der Waals surface area contributed by atoms with Crippen molar-refractivity contribution in [3.05, 3.63) is 34.6 Å². The summed E-state index contributed by atoms with van der Waals surface area (Å²) in [6, 6.07) is 3.61. The number of hydrogen-bond acceptors (Lipinski definition) is 3. The number of benzene rings is 1. The standard InChI is InChI=1S/C14H19ClFNO2/c1-4-19-14(18)13(17-8-9(2)3)10-5-6-12(16)11(15)7-10/h5-7,9,13,17H,4,8H2,1-3H3. The molecule has 0 fully saturated rings. The zero-order valence-electron chi connectivity index (χ0n) is 11.4. The number of hydrogen-bond donors (Lipinski definition) is 1. The molecule has 0 saturated heterocycles. The zero-order chi connectivity index (χ0) is 14.4. The summed E-state index contributed by atoms with van der Waals surface area (Å²) in [5, 5.41) is 3.11. The van der Waals surface area contributed by atoms with E-state index in [0.29, 0.717) is 24.6 Å². The van der Waals surface area contributed by atoms with Crippen LogP contribution in [0, 0.1) is 11.7 Å². The smallest absolute Gasteiger partial charge is 0.327 e. The largest absolute Gasteiger partial charge is 0.465 e. The van der Waals surface area contributed by atoms with Crippen LogP contribution in [0.15, 0.2) is 18.2 Å². The lowest BCUT2D eigenvalue weighted by molar-refractivity contribution is -0.145. The fourth-order valence-electron chi connectivity index (χ4n) is 1.61. The van der Waals surface area contributed by atoms with Crippen LogP contribution in [0.5, 0.6) is 0 Å². The normalized spacial score (nSPS) is 12.5. The number of nitrogens with one attached hydrogen (secondary N) is 1. The number of rotatable bonds is 6. The molecule has 0 heterocycles. The molecule has 1 unspecified atom stereocenters. The van der Waals surface area contributed by atoms with Gasteiger partial charge >= 0.3 is 5.97 Å². The van der Waals surface area contributed by atoms with Gasteiger partial charge in [0.25, 0.3) is 0 Å². The van der Waals surface area contributed by atoms with Gasteiger partial charge in [-0.05, 0) is 37.1 Å². The molecule has 0 aliphatic heterocycles. The Morgan fingerprint density at radius 3 is 2.68 bits per heavy atom. The first kappa shape index (κ1) is 15.9. The molecule has 0 bridgehead atoms. The Morgan fingerprint density at radius 2 is 2.16 bits per heavy atom. The lowest BCUT2D eigenvalue weighted by Crippen LogP contribution is -2.32. The lowest BCUT2D eigenvalue weighted by Gasteiger charge is -2.19. The summed E-state index contributed by atoms with van der Waals surface area (Å²) in [4.78, 5) is 11.9. The first-order chi connectivity index (χ1) is 8.95. The summed E-state index contributed by atoms with van der Waals surface area (Å²) < 4.78 is 18.2. The maximum atomic E-state index is 13.2. The summed E-state index contributed by atoms with van der Waals surface area (Å²) in [7, 11) is 0. The average Bonchev–Trinajstić information content (AvgIpc) is 2.33. The maximum Gasteiger partial charge on any atom is 0.327 e. The van der Waals surface area contributed by atoms with Gasteiger partial charge in [-0.2, -0.15) is 0 Å². The number of carbonyl (C=O) groups is 1. The van der Waals surface area contributed by atoms with Crippen molar-refractivity contribution in [1.29, 1.82) is 0 Å². The minimum Gasteiger partial charge on any atom is -0.465 e. The first-order valence-electron chi connectivity index (χ1n) is 6.30. The van der Waals surface area contributed by atoms with Crippen LogP contribution >= 0.6 is 11.6 Å². The van der Waals surface area contributed by atoms with Crippen LogP contribution in [0.4, 0.5) is 4.39 Å². The van der Waals surface area contributed by atoms with Gasteiger partial charge in [-0.1, -0.05) is 31.5 Å². The molecule has 1 atom stereocenters. The molecule has 106 valence electrons. The Hall–Kier alpha value is -1.13. The highest BCUT2D eigenvalue weighted by Crippen LogP contribution is 2.22. The van der Waals surface area contributed by atoms with Crippen LogP contribution in [0.2, 0.25) is 5.02 Å². The van der Waals surface area contributed by atoms with Gasteiger partial charge in [-0.25, -0.2) is 9.18 Å². The van der Waals surface area contributed by atoms with Crippen LogP contribution in [0.3, 0.4) is 0 Å². The third-order valence-electron chi connectivity index (χ3n) is 2.53. The van der Waals surface area contributed by atoms with E-state index in [1.165, 1.54) is 18.2 Å². The highest BCUT2D eigenvalue weighted by Gasteiger charge is 2.22. The van der Waals surface area contributed by atoms with Gasteiger partial charge in [-0.15, -0.1) is 0 Å². The van der Waals surface area contributed by atoms with Gasteiger partial charge in [0.1, 0.15) is 11.9 Å². The average molecular weight is 288 g/mol. The van der Waals surface area contributed by atoms with E-state index in [-0.39, 0.29) is 11.0 Å². The molecule has 0 aromatic heterocycles. The quantitative estimate of drug-likeness (QED) is 0.816. The highest BCUT2D eigenvalue weighted by atomic mass is 35.5. The van der Waals surface area contributed by atoms with Crippen LogP contribution in [-0.4, -0.2) is 19.1 Å². The Bertz CT molecular complexity index is 437. The Morgan fingerprint density at radius 1 is 1.47 bits per heavy atom. The maximum absolute atomic E-state index is 13.2. The van der Waals surface area contributed by atoms with Gasteiger partial charge in [0, 0.05) is 0 Å². The summed E-state index contributed by atoms with van der Waals surface area (Å²) in [6.45, 7) is 6.76.